The summed E-state index contributed by atoms with van der Waals surface area (Å²) in [5.41, 5.74) is 1.46. The number of rotatable bonds is 3. The van der Waals surface area contributed by atoms with Gasteiger partial charge in [-0.05, 0) is 20.4 Å². The Morgan fingerprint density at radius 2 is 2.40 bits per heavy atom. The fraction of sp³-hybridized carbons (Fsp3) is 0.727. The molecule has 0 amide bonds. The Morgan fingerprint density at radius 1 is 1.53 bits per heavy atom. The summed E-state index contributed by atoms with van der Waals surface area (Å²) in [6.45, 7) is 5.96. The lowest BCUT2D eigenvalue weighted by Crippen LogP contribution is -2.31. The zero-order valence-electron chi connectivity index (χ0n) is 9.57. The summed E-state index contributed by atoms with van der Waals surface area (Å²) in [6.07, 6.45) is 4.44. The first kappa shape index (κ1) is 10.5. The Balaban J connectivity index is 1.94. The van der Waals surface area contributed by atoms with Gasteiger partial charge in [0, 0.05) is 26.1 Å². The van der Waals surface area contributed by atoms with Crippen LogP contribution in [0.5, 0.6) is 0 Å². The first-order valence-corrected chi connectivity index (χ1v) is 5.60. The highest BCUT2D eigenvalue weighted by atomic mass is 16.7. The molecular formula is C11H19N3O. The van der Waals surface area contributed by atoms with Crippen LogP contribution in [-0.2, 0) is 4.84 Å². The minimum absolute atomic E-state index is 0.620. The van der Waals surface area contributed by atoms with Gasteiger partial charge in [0.2, 0.25) is 0 Å². The summed E-state index contributed by atoms with van der Waals surface area (Å²) in [5, 5.41) is 4.09. The van der Waals surface area contributed by atoms with Crippen molar-refractivity contribution in [1.82, 2.24) is 9.80 Å². The minimum atomic E-state index is 0.620. The number of nitrogens with zero attached hydrogens (tertiary/aromatic N) is 3. The van der Waals surface area contributed by atoms with Crippen molar-refractivity contribution < 1.29 is 4.84 Å². The molecule has 0 radical (unpaired) electrons. The third-order valence-electron chi connectivity index (χ3n) is 2.93. The monoisotopic (exact) mass is 209 g/mol. The minimum Gasteiger partial charge on any atom is -0.372 e. The van der Waals surface area contributed by atoms with Crippen LogP contribution in [0.4, 0.5) is 0 Å². The lowest BCUT2D eigenvalue weighted by atomic mass is 10.1. The van der Waals surface area contributed by atoms with Gasteiger partial charge < -0.3 is 14.6 Å². The summed E-state index contributed by atoms with van der Waals surface area (Å²) in [6, 6.07) is 0. The van der Waals surface area contributed by atoms with E-state index in [1.807, 2.05) is 0 Å². The third-order valence-corrected chi connectivity index (χ3v) is 2.93. The van der Waals surface area contributed by atoms with Crippen LogP contribution in [-0.4, -0.2) is 49.0 Å². The second-order valence-corrected chi connectivity index (χ2v) is 4.19. The number of amidine groups is 1. The van der Waals surface area contributed by atoms with Crippen LogP contribution in [0.15, 0.2) is 16.8 Å². The standard InChI is InChI=1S/C11H19N3O/c1-3-14-9-15-12-11(14)7-10-5-4-6-13(2)8-10/h5H,3-4,6-9H2,1-2H3. The zero-order chi connectivity index (χ0) is 10.7. The predicted octanol–water partition coefficient (Wildman–Crippen LogP) is 1.26. The van der Waals surface area contributed by atoms with Crippen molar-refractivity contribution in [1.29, 1.82) is 0 Å². The van der Waals surface area contributed by atoms with Gasteiger partial charge in [0.15, 0.2) is 12.6 Å². The van der Waals surface area contributed by atoms with Crippen molar-refractivity contribution in [3.63, 3.8) is 0 Å². The van der Waals surface area contributed by atoms with E-state index in [1.54, 1.807) is 0 Å². The van der Waals surface area contributed by atoms with Crippen LogP contribution in [0, 0.1) is 0 Å². The molecule has 2 rings (SSSR count). The van der Waals surface area contributed by atoms with Gasteiger partial charge in [-0.1, -0.05) is 16.8 Å². The molecule has 15 heavy (non-hydrogen) atoms. The van der Waals surface area contributed by atoms with E-state index in [4.69, 9.17) is 4.84 Å². The van der Waals surface area contributed by atoms with E-state index in [0.29, 0.717) is 6.73 Å². The molecule has 0 saturated heterocycles. The maximum atomic E-state index is 5.10. The Labute approximate surface area is 91.2 Å². The highest BCUT2D eigenvalue weighted by Crippen LogP contribution is 2.16. The summed E-state index contributed by atoms with van der Waals surface area (Å²) < 4.78 is 0. The quantitative estimate of drug-likeness (QED) is 0.655. The van der Waals surface area contributed by atoms with E-state index in [2.05, 4.69) is 35.0 Å². The van der Waals surface area contributed by atoms with Gasteiger partial charge in [-0.25, -0.2) is 0 Å². The zero-order valence-corrected chi connectivity index (χ0v) is 9.57. The SMILES string of the molecule is CCN1CON=C1CC1=CCCN(C)C1. The molecule has 0 aromatic heterocycles. The summed E-state index contributed by atoms with van der Waals surface area (Å²) in [4.78, 5) is 9.63. The first-order valence-electron chi connectivity index (χ1n) is 5.60. The second-order valence-electron chi connectivity index (χ2n) is 4.19. The van der Waals surface area contributed by atoms with Crippen LogP contribution in [0.1, 0.15) is 19.8 Å². The smallest absolute Gasteiger partial charge is 0.190 e. The maximum absolute atomic E-state index is 5.10. The molecule has 0 saturated carbocycles. The van der Waals surface area contributed by atoms with E-state index >= 15 is 0 Å². The van der Waals surface area contributed by atoms with Crippen molar-refractivity contribution in [3.05, 3.63) is 11.6 Å². The molecule has 84 valence electrons. The lowest BCUT2D eigenvalue weighted by Gasteiger charge is -2.24. The summed E-state index contributed by atoms with van der Waals surface area (Å²) in [5.74, 6) is 1.08. The molecule has 2 aliphatic heterocycles. The van der Waals surface area contributed by atoms with E-state index in [9.17, 15) is 0 Å². The molecule has 2 heterocycles. The van der Waals surface area contributed by atoms with Crippen LogP contribution < -0.4 is 0 Å². The molecular weight excluding hydrogens is 190 g/mol. The first-order chi connectivity index (χ1) is 7.29. The average Bonchev–Trinajstić information content (AvgIpc) is 2.65. The predicted molar refractivity (Wildman–Crippen MR) is 60.6 cm³/mol. The summed E-state index contributed by atoms with van der Waals surface area (Å²) >= 11 is 0. The van der Waals surface area contributed by atoms with Gasteiger partial charge in [0.1, 0.15) is 0 Å². The van der Waals surface area contributed by atoms with Crippen LogP contribution in [0.3, 0.4) is 0 Å². The Bertz CT molecular complexity index is 286. The number of hydrogen-bond donors (Lipinski definition) is 0. The molecule has 0 spiro atoms. The Kier molecular flexibility index (Phi) is 3.26. The van der Waals surface area contributed by atoms with E-state index in [0.717, 1.165) is 31.8 Å². The highest BCUT2D eigenvalue weighted by molar-refractivity contribution is 5.84. The molecule has 4 nitrogen and oxygen atoms in total. The van der Waals surface area contributed by atoms with Gasteiger partial charge in [-0.15, -0.1) is 0 Å². The van der Waals surface area contributed by atoms with Crippen molar-refractivity contribution in [3.8, 4) is 0 Å². The highest BCUT2D eigenvalue weighted by Gasteiger charge is 2.19. The number of hydrogen-bond acceptors (Lipinski definition) is 4. The van der Waals surface area contributed by atoms with Crippen molar-refractivity contribution in [2.45, 2.75) is 19.8 Å². The summed E-state index contributed by atoms with van der Waals surface area (Å²) in [7, 11) is 2.16. The van der Waals surface area contributed by atoms with Crippen molar-refractivity contribution >= 4 is 5.84 Å². The Hall–Kier alpha value is -1.03. The molecule has 4 heteroatoms. The largest absolute Gasteiger partial charge is 0.372 e. The maximum Gasteiger partial charge on any atom is 0.190 e. The van der Waals surface area contributed by atoms with Crippen LogP contribution in [0.2, 0.25) is 0 Å². The molecule has 0 unspecified atom stereocenters. The fourth-order valence-corrected chi connectivity index (χ4v) is 2.03. The van der Waals surface area contributed by atoms with Crippen molar-refractivity contribution in [2.24, 2.45) is 5.16 Å². The lowest BCUT2D eigenvalue weighted by molar-refractivity contribution is 0.112. The normalized spacial score (nSPS) is 22.4. The van der Waals surface area contributed by atoms with Gasteiger partial charge >= 0.3 is 0 Å². The van der Waals surface area contributed by atoms with E-state index < -0.39 is 0 Å². The third kappa shape index (κ3) is 2.50. The van der Waals surface area contributed by atoms with Crippen molar-refractivity contribution in [2.75, 3.05) is 33.4 Å². The molecule has 0 bridgehead atoms. The van der Waals surface area contributed by atoms with Gasteiger partial charge in [0.25, 0.3) is 0 Å². The van der Waals surface area contributed by atoms with Crippen LogP contribution in [0.25, 0.3) is 0 Å². The van der Waals surface area contributed by atoms with Crippen LogP contribution >= 0.6 is 0 Å². The molecule has 0 aliphatic carbocycles. The molecule has 2 aliphatic rings. The molecule has 0 N–H and O–H groups in total. The molecule has 0 aromatic carbocycles. The molecule has 0 atom stereocenters. The molecule has 0 fully saturated rings. The Morgan fingerprint density at radius 3 is 3.13 bits per heavy atom. The van der Waals surface area contributed by atoms with Gasteiger partial charge in [-0.2, -0.15) is 0 Å². The topological polar surface area (TPSA) is 28.1 Å². The van der Waals surface area contributed by atoms with Gasteiger partial charge in [-0.3, -0.25) is 0 Å². The second kappa shape index (κ2) is 4.66. The number of oxime groups is 1. The van der Waals surface area contributed by atoms with Gasteiger partial charge in [0.05, 0.1) is 0 Å². The van der Waals surface area contributed by atoms with E-state index in [1.165, 1.54) is 12.1 Å². The molecule has 0 aromatic rings. The van der Waals surface area contributed by atoms with E-state index in [-0.39, 0.29) is 0 Å². The fourth-order valence-electron chi connectivity index (χ4n) is 2.03. The average molecular weight is 209 g/mol. The number of likely N-dealkylation sites (N-methyl/N-ethyl adjacent to an activating group) is 1.